The monoisotopic (exact) mass is 381 g/mol. The van der Waals surface area contributed by atoms with Gasteiger partial charge in [-0.3, -0.25) is 4.79 Å². The van der Waals surface area contributed by atoms with Crippen LogP contribution in [0.4, 0.5) is 16.0 Å². The number of aryl methyl sites for hydroxylation is 1. The Balaban J connectivity index is 1.74. The summed E-state index contributed by atoms with van der Waals surface area (Å²) in [5.41, 5.74) is 2.61. The van der Waals surface area contributed by atoms with Crippen molar-refractivity contribution in [1.82, 2.24) is 14.8 Å². The number of halogens is 1. The SMILES string of the molecule is CCn1nc(-c2ccnc(NC)c2)cc1NC(=O)[C@@H](C)Cc1ccc(F)cc1. The molecule has 0 fully saturated rings. The second-order valence-corrected chi connectivity index (χ2v) is 6.63. The van der Waals surface area contributed by atoms with E-state index >= 15 is 0 Å². The van der Waals surface area contributed by atoms with Crippen LogP contribution in [0.25, 0.3) is 11.3 Å². The maximum absolute atomic E-state index is 13.0. The van der Waals surface area contributed by atoms with Crippen LogP contribution in [0, 0.1) is 11.7 Å². The predicted molar refractivity (Wildman–Crippen MR) is 109 cm³/mol. The van der Waals surface area contributed by atoms with Gasteiger partial charge in [-0.1, -0.05) is 19.1 Å². The Morgan fingerprint density at radius 3 is 2.64 bits per heavy atom. The molecule has 1 amide bonds. The van der Waals surface area contributed by atoms with Crippen molar-refractivity contribution in [2.24, 2.45) is 5.92 Å². The Morgan fingerprint density at radius 1 is 1.21 bits per heavy atom. The van der Waals surface area contributed by atoms with Crippen molar-refractivity contribution >= 4 is 17.5 Å². The molecule has 0 spiro atoms. The molecule has 0 radical (unpaired) electrons. The summed E-state index contributed by atoms with van der Waals surface area (Å²) < 4.78 is 14.8. The van der Waals surface area contributed by atoms with E-state index in [0.717, 1.165) is 22.6 Å². The molecule has 1 atom stereocenters. The van der Waals surface area contributed by atoms with Crippen LogP contribution in [0.5, 0.6) is 0 Å². The minimum absolute atomic E-state index is 0.101. The molecule has 2 N–H and O–H groups in total. The second-order valence-electron chi connectivity index (χ2n) is 6.63. The summed E-state index contributed by atoms with van der Waals surface area (Å²) in [6.45, 7) is 4.46. The van der Waals surface area contributed by atoms with E-state index in [9.17, 15) is 9.18 Å². The molecule has 146 valence electrons. The Labute approximate surface area is 163 Å². The van der Waals surface area contributed by atoms with Crippen molar-refractivity contribution in [2.75, 3.05) is 17.7 Å². The molecule has 1 aromatic carbocycles. The van der Waals surface area contributed by atoms with Gasteiger partial charge in [0.25, 0.3) is 0 Å². The Kier molecular flexibility index (Phi) is 6.03. The summed E-state index contributed by atoms with van der Waals surface area (Å²) in [6.07, 6.45) is 2.25. The van der Waals surface area contributed by atoms with Crippen LogP contribution in [-0.2, 0) is 17.8 Å². The number of rotatable bonds is 7. The first-order chi connectivity index (χ1) is 13.5. The topological polar surface area (TPSA) is 71.8 Å². The van der Waals surface area contributed by atoms with Crippen LogP contribution in [0.3, 0.4) is 0 Å². The highest BCUT2D eigenvalue weighted by molar-refractivity contribution is 5.92. The summed E-state index contributed by atoms with van der Waals surface area (Å²) in [5, 5.41) is 10.6. The molecule has 0 aliphatic carbocycles. The predicted octanol–water partition coefficient (Wildman–Crippen LogP) is 3.96. The number of carbonyl (C=O) groups is 1. The Hall–Kier alpha value is -3.22. The highest BCUT2D eigenvalue weighted by Crippen LogP contribution is 2.24. The molecule has 2 aromatic heterocycles. The lowest BCUT2D eigenvalue weighted by atomic mass is 10.0. The number of aromatic nitrogens is 3. The Morgan fingerprint density at radius 2 is 1.96 bits per heavy atom. The van der Waals surface area contributed by atoms with Crippen LogP contribution in [0.15, 0.2) is 48.7 Å². The van der Waals surface area contributed by atoms with Gasteiger partial charge in [0.05, 0.1) is 5.69 Å². The summed E-state index contributed by atoms with van der Waals surface area (Å²) in [7, 11) is 1.81. The van der Waals surface area contributed by atoms with Gasteiger partial charge in [0, 0.05) is 37.3 Å². The van der Waals surface area contributed by atoms with Crippen molar-refractivity contribution in [3.05, 3.63) is 60.0 Å². The fraction of sp³-hybridized carbons (Fsp3) is 0.286. The van der Waals surface area contributed by atoms with Gasteiger partial charge in [0.1, 0.15) is 17.5 Å². The fourth-order valence-electron chi connectivity index (χ4n) is 2.94. The van der Waals surface area contributed by atoms with Gasteiger partial charge in [-0.05, 0) is 43.2 Å². The normalized spacial score (nSPS) is 11.9. The van der Waals surface area contributed by atoms with Crippen LogP contribution < -0.4 is 10.6 Å². The van der Waals surface area contributed by atoms with Gasteiger partial charge in [-0.15, -0.1) is 0 Å². The first-order valence-electron chi connectivity index (χ1n) is 9.27. The van der Waals surface area contributed by atoms with Crippen molar-refractivity contribution in [3.8, 4) is 11.3 Å². The lowest BCUT2D eigenvalue weighted by molar-refractivity contribution is -0.119. The van der Waals surface area contributed by atoms with Crippen molar-refractivity contribution < 1.29 is 9.18 Å². The largest absolute Gasteiger partial charge is 0.373 e. The van der Waals surface area contributed by atoms with Gasteiger partial charge in [-0.2, -0.15) is 5.10 Å². The van der Waals surface area contributed by atoms with E-state index in [4.69, 9.17) is 0 Å². The van der Waals surface area contributed by atoms with Gasteiger partial charge in [0.15, 0.2) is 0 Å². The van der Waals surface area contributed by atoms with Gasteiger partial charge >= 0.3 is 0 Å². The van der Waals surface area contributed by atoms with Crippen LogP contribution >= 0.6 is 0 Å². The van der Waals surface area contributed by atoms with Crippen LogP contribution in [-0.4, -0.2) is 27.7 Å². The van der Waals surface area contributed by atoms with E-state index < -0.39 is 0 Å². The average molecular weight is 381 g/mol. The van der Waals surface area contributed by atoms with E-state index in [1.807, 2.05) is 39.1 Å². The minimum atomic E-state index is -0.280. The van der Waals surface area contributed by atoms with E-state index in [1.165, 1.54) is 12.1 Å². The molecule has 0 unspecified atom stereocenters. The number of hydrogen-bond acceptors (Lipinski definition) is 4. The summed E-state index contributed by atoms with van der Waals surface area (Å²) in [4.78, 5) is 16.9. The molecule has 7 heteroatoms. The highest BCUT2D eigenvalue weighted by Gasteiger charge is 2.17. The maximum atomic E-state index is 13.0. The first-order valence-corrected chi connectivity index (χ1v) is 9.27. The number of pyridine rings is 1. The standard InChI is InChI=1S/C21H24FN5O/c1-4-27-20(13-18(26-27)16-9-10-24-19(12-16)23-3)25-21(28)14(2)11-15-5-7-17(22)8-6-15/h5-10,12-14H,4,11H2,1-3H3,(H,23,24)(H,25,28)/t14-/m0/s1. The summed E-state index contributed by atoms with van der Waals surface area (Å²) in [5.74, 6) is 0.762. The molecule has 2 heterocycles. The molecular weight excluding hydrogens is 357 g/mol. The number of anilines is 2. The zero-order valence-electron chi connectivity index (χ0n) is 16.2. The third kappa shape index (κ3) is 4.54. The number of carbonyl (C=O) groups excluding carboxylic acids is 1. The van der Waals surface area contributed by atoms with Gasteiger partial charge < -0.3 is 10.6 Å². The third-order valence-corrected chi connectivity index (χ3v) is 4.55. The summed E-state index contributed by atoms with van der Waals surface area (Å²) >= 11 is 0. The molecule has 6 nitrogen and oxygen atoms in total. The first kappa shape index (κ1) is 19.5. The number of hydrogen-bond donors (Lipinski definition) is 2. The minimum Gasteiger partial charge on any atom is -0.373 e. The van der Waals surface area contributed by atoms with E-state index in [-0.39, 0.29) is 17.6 Å². The van der Waals surface area contributed by atoms with Crippen LogP contribution in [0.2, 0.25) is 0 Å². The van der Waals surface area contributed by atoms with E-state index in [2.05, 4.69) is 20.7 Å². The van der Waals surface area contributed by atoms with Crippen molar-refractivity contribution in [1.29, 1.82) is 0 Å². The fourth-order valence-corrected chi connectivity index (χ4v) is 2.94. The number of benzene rings is 1. The second kappa shape index (κ2) is 8.65. The lowest BCUT2D eigenvalue weighted by Crippen LogP contribution is -2.23. The molecule has 0 bridgehead atoms. The van der Waals surface area contributed by atoms with E-state index in [1.54, 1.807) is 23.0 Å². The molecule has 0 saturated carbocycles. The quantitative estimate of drug-likeness (QED) is 0.650. The molecule has 0 aliphatic heterocycles. The average Bonchev–Trinajstić information content (AvgIpc) is 3.12. The molecule has 0 aliphatic rings. The maximum Gasteiger partial charge on any atom is 0.228 e. The molecule has 28 heavy (non-hydrogen) atoms. The molecule has 0 saturated heterocycles. The molecule has 3 rings (SSSR count). The smallest absolute Gasteiger partial charge is 0.228 e. The molecular formula is C21H24FN5O. The Bertz CT molecular complexity index is 952. The van der Waals surface area contributed by atoms with Gasteiger partial charge in [0.2, 0.25) is 5.91 Å². The van der Waals surface area contributed by atoms with Crippen molar-refractivity contribution in [2.45, 2.75) is 26.8 Å². The van der Waals surface area contributed by atoms with Gasteiger partial charge in [-0.25, -0.2) is 14.1 Å². The van der Waals surface area contributed by atoms with Crippen LogP contribution in [0.1, 0.15) is 19.4 Å². The number of amides is 1. The zero-order valence-corrected chi connectivity index (χ0v) is 16.2. The number of nitrogens with one attached hydrogen (secondary N) is 2. The molecule has 3 aromatic rings. The van der Waals surface area contributed by atoms with E-state index in [0.29, 0.717) is 18.8 Å². The summed E-state index contributed by atoms with van der Waals surface area (Å²) in [6, 6.07) is 11.9. The zero-order chi connectivity index (χ0) is 20.1. The van der Waals surface area contributed by atoms with Crippen molar-refractivity contribution in [3.63, 3.8) is 0 Å². The third-order valence-electron chi connectivity index (χ3n) is 4.55. The number of nitrogens with zero attached hydrogens (tertiary/aromatic N) is 3. The highest BCUT2D eigenvalue weighted by atomic mass is 19.1. The lowest BCUT2D eigenvalue weighted by Gasteiger charge is -2.13.